The van der Waals surface area contributed by atoms with E-state index < -0.39 is 0 Å². The number of benzene rings is 1. The molecule has 0 saturated carbocycles. The molecule has 0 spiro atoms. The molecular formula is C20H24ClN3O2. The number of aromatic nitrogens is 1. The van der Waals surface area contributed by atoms with Crippen LogP contribution in [0.2, 0.25) is 5.02 Å². The summed E-state index contributed by atoms with van der Waals surface area (Å²) in [5, 5.41) is 3.49. The van der Waals surface area contributed by atoms with Gasteiger partial charge in [-0.2, -0.15) is 0 Å². The first kappa shape index (κ1) is 18.7. The second-order valence-electron chi connectivity index (χ2n) is 6.75. The number of piperidine rings is 1. The summed E-state index contributed by atoms with van der Waals surface area (Å²) in [5.41, 5.74) is 2.03. The molecule has 0 bridgehead atoms. The second-order valence-corrected chi connectivity index (χ2v) is 7.16. The van der Waals surface area contributed by atoms with Gasteiger partial charge in [-0.3, -0.25) is 14.7 Å². The van der Waals surface area contributed by atoms with E-state index in [2.05, 4.69) is 15.2 Å². The predicted molar refractivity (Wildman–Crippen MR) is 104 cm³/mol. The number of amides is 1. The number of hydrogen-bond donors (Lipinski definition) is 1. The average Bonchev–Trinajstić information content (AvgIpc) is 2.64. The van der Waals surface area contributed by atoms with Gasteiger partial charge in [0.05, 0.1) is 13.2 Å². The van der Waals surface area contributed by atoms with Crippen LogP contribution >= 0.6 is 11.6 Å². The van der Waals surface area contributed by atoms with Gasteiger partial charge in [0.2, 0.25) is 5.91 Å². The smallest absolute Gasteiger partial charge is 0.238 e. The van der Waals surface area contributed by atoms with Crippen molar-refractivity contribution in [1.82, 2.24) is 9.88 Å². The maximum Gasteiger partial charge on any atom is 0.238 e. The normalized spacial score (nSPS) is 15.6. The summed E-state index contributed by atoms with van der Waals surface area (Å²) in [7, 11) is 0. The molecule has 2 aromatic rings. The number of ether oxygens (including phenoxy) is 1. The largest absolute Gasteiger partial charge is 0.492 e. The van der Waals surface area contributed by atoms with Gasteiger partial charge in [-0.1, -0.05) is 29.3 Å². The molecule has 5 nitrogen and oxygen atoms in total. The fourth-order valence-corrected chi connectivity index (χ4v) is 3.21. The number of nitrogens with one attached hydrogen (secondary N) is 1. The summed E-state index contributed by atoms with van der Waals surface area (Å²) in [4.78, 5) is 18.3. The minimum Gasteiger partial charge on any atom is -0.492 e. The summed E-state index contributed by atoms with van der Waals surface area (Å²) in [5.74, 6) is 1.20. The van der Waals surface area contributed by atoms with Crippen molar-refractivity contribution < 1.29 is 9.53 Å². The molecule has 0 aliphatic carbocycles. The fraction of sp³-hybridized carbons (Fsp3) is 0.400. The van der Waals surface area contributed by atoms with Crippen molar-refractivity contribution in [3.05, 3.63) is 53.3 Å². The Labute approximate surface area is 159 Å². The molecule has 3 rings (SSSR count). The first-order chi connectivity index (χ1) is 12.6. The van der Waals surface area contributed by atoms with Gasteiger partial charge in [0.25, 0.3) is 0 Å². The van der Waals surface area contributed by atoms with Crippen LogP contribution in [0.5, 0.6) is 5.75 Å². The fourth-order valence-electron chi connectivity index (χ4n) is 3.04. The third-order valence-electron chi connectivity index (χ3n) is 4.62. The average molecular weight is 374 g/mol. The summed E-state index contributed by atoms with van der Waals surface area (Å²) in [6.07, 6.45) is 5.30. The zero-order valence-electron chi connectivity index (χ0n) is 15.0. The highest BCUT2D eigenvalue weighted by Gasteiger charge is 2.21. The maximum atomic E-state index is 12.2. The van der Waals surface area contributed by atoms with Crippen LogP contribution in [0.4, 0.5) is 5.69 Å². The lowest BCUT2D eigenvalue weighted by Crippen LogP contribution is -2.40. The number of anilines is 1. The van der Waals surface area contributed by atoms with Crippen molar-refractivity contribution in [2.45, 2.75) is 19.8 Å². The first-order valence-electron chi connectivity index (χ1n) is 8.91. The molecule has 1 aliphatic heterocycles. The van der Waals surface area contributed by atoms with Crippen LogP contribution in [0, 0.1) is 12.8 Å². The minimum atomic E-state index is 0.0344. The van der Waals surface area contributed by atoms with Gasteiger partial charge in [-0.25, -0.2) is 0 Å². The number of pyridine rings is 1. The third kappa shape index (κ3) is 5.44. The number of carbonyl (C=O) groups excluding carboxylic acids is 1. The van der Waals surface area contributed by atoms with Gasteiger partial charge in [0.1, 0.15) is 10.8 Å². The van der Waals surface area contributed by atoms with E-state index in [0.717, 1.165) is 31.6 Å². The lowest BCUT2D eigenvalue weighted by Gasteiger charge is -2.31. The summed E-state index contributed by atoms with van der Waals surface area (Å²) in [6.45, 7) is 4.91. The standard InChI is InChI=1S/C20H24ClN3O2/c1-15-2-4-17(5-3-15)23-20(25)13-24-10-7-16(8-11-24)14-26-19-6-9-22-12-18(19)21/h2-6,9,12,16H,7-8,10-11,13-14H2,1H3,(H,23,25). The molecule has 0 atom stereocenters. The summed E-state index contributed by atoms with van der Waals surface area (Å²) in [6, 6.07) is 9.64. The summed E-state index contributed by atoms with van der Waals surface area (Å²) < 4.78 is 5.81. The first-order valence-corrected chi connectivity index (χ1v) is 9.29. The number of aryl methyl sites for hydroxylation is 1. The van der Waals surface area contributed by atoms with E-state index in [1.807, 2.05) is 31.2 Å². The zero-order valence-corrected chi connectivity index (χ0v) is 15.7. The van der Waals surface area contributed by atoms with E-state index in [-0.39, 0.29) is 5.91 Å². The second kappa shape index (κ2) is 9.01. The predicted octanol–water partition coefficient (Wildman–Crippen LogP) is 3.77. The van der Waals surface area contributed by atoms with Crippen LogP contribution in [-0.2, 0) is 4.79 Å². The quantitative estimate of drug-likeness (QED) is 0.837. The lowest BCUT2D eigenvalue weighted by atomic mass is 9.98. The molecule has 1 amide bonds. The van der Waals surface area contributed by atoms with Crippen LogP contribution in [0.15, 0.2) is 42.7 Å². The number of hydrogen-bond acceptors (Lipinski definition) is 4. The number of likely N-dealkylation sites (tertiary alicyclic amines) is 1. The number of nitrogens with zero attached hydrogens (tertiary/aromatic N) is 2. The molecular weight excluding hydrogens is 350 g/mol. The Bertz CT molecular complexity index is 728. The molecule has 0 radical (unpaired) electrons. The minimum absolute atomic E-state index is 0.0344. The molecule has 1 saturated heterocycles. The van der Waals surface area contributed by atoms with E-state index in [4.69, 9.17) is 16.3 Å². The molecule has 1 aromatic carbocycles. The maximum absolute atomic E-state index is 12.2. The molecule has 0 unspecified atom stereocenters. The Hall–Kier alpha value is -2.11. The van der Waals surface area contributed by atoms with E-state index >= 15 is 0 Å². The molecule has 1 aliphatic rings. The lowest BCUT2D eigenvalue weighted by molar-refractivity contribution is -0.117. The zero-order chi connectivity index (χ0) is 18.4. The highest BCUT2D eigenvalue weighted by atomic mass is 35.5. The van der Waals surface area contributed by atoms with Gasteiger partial charge in [0, 0.05) is 24.1 Å². The van der Waals surface area contributed by atoms with Crippen molar-refractivity contribution in [3.63, 3.8) is 0 Å². The Balaban J connectivity index is 1.38. The molecule has 1 aromatic heterocycles. The Morgan fingerprint density at radius 3 is 2.69 bits per heavy atom. The monoisotopic (exact) mass is 373 g/mol. The van der Waals surface area contributed by atoms with Gasteiger partial charge in [0.15, 0.2) is 0 Å². The van der Waals surface area contributed by atoms with Crippen LogP contribution < -0.4 is 10.1 Å². The molecule has 26 heavy (non-hydrogen) atoms. The highest BCUT2D eigenvalue weighted by molar-refractivity contribution is 6.31. The van der Waals surface area contributed by atoms with Crippen LogP contribution in [-0.4, -0.2) is 42.0 Å². The number of carbonyl (C=O) groups is 1. The van der Waals surface area contributed by atoms with Gasteiger partial charge in [-0.15, -0.1) is 0 Å². The van der Waals surface area contributed by atoms with Gasteiger partial charge >= 0.3 is 0 Å². The van der Waals surface area contributed by atoms with E-state index in [0.29, 0.717) is 29.8 Å². The molecule has 2 heterocycles. The Morgan fingerprint density at radius 1 is 1.27 bits per heavy atom. The third-order valence-corrected chi connectivity index (χ3v) is 4.90. The topological polar surface area (TPSA) is 54.5 Å². The number of halogens is 1. The van der Waals surface area contributed by atoms with Crippen LogP contribution in [0.1, 0.15) is 18.4 Å². The Morgan fingerprint density at radius 2 is 2.00 bits per heavy atom. The van der Waals surface area contributed by atoms with Crippen molar-refractivity contribution in [1.29, 1.82) is 0 Å². The van der Waals surface area contributed by atoms with Crippen molar-refractivity contribution in [2.75, 3.05) is 31.6 Å². The van der Waals surface area contributed by atoms with Crippen molar-refractivity contribution >= 4 is 23.2 Å². The van der Waals surface area contributed by atoms with Crippen molar-refractivity contribution in [2.24, 2.45) is 5.92 Å². The highest BCUT2D eigenvalue weighted by Crippen LogP contribution is 2.24. The van der Waals surface area contributed by atoms with E-state index in [9.17, 15) is 4.79 Å². The summed E-state index contributed by atoms with van der Waals surface area (Å²) >= 11 is 6.06. The van der Waals surface area contributed by atoms with Crippen molar-refractivity contribution in [3.8, 4) is 5.75 Å². The van der Waals surface area contributed by atoms with E-state index in [1.54, 1.807) is 18.5 Å². The molecule has 138 valence electrons. The van der Waals surface area contributed by atoms with Crippen LogP contribution in [0.25, 0.3) is 0 Å². The molecule has 1 fully saturated rings. The van der Waals surface area contributed by atoms with Crippen LogP contribution in [0.3, 0.4) is 0 Å². The molecule has 6 heteroatoms. The number of rotatable bonds is 6. The van der Waals surface area contributed by atoms with Gasteiger partial charge in [-0.05, 0) is 50.9 Å². The van der Waals surface area contributed by atoms with E-state index in [1.165, 1.54) is 5.56 Å². The molecule has 1 N–H and O–H groups in total. The Kier molecular flexibility index (Phi) is 6.47. The van der Waals surface area contributed by atoms with Gasteiger partial charge < -0.3 is 10.1 Å². The SMILES string of the molecule is Cc1ccc(NC(=O)CN2CCC(COc3ccncc3Cl)CC2)cc1.